The maximum Gasteiger partial charge on any atom is 0.340 e. The van der Waals surface area contributed by atoms with E-state index in [1.54, 1.807) is 19.1 Å². The number of aromatic carboxylic acids is 1. The molecule has 2 aromatic rings. The van der Waals surface area contributed by atoms with Crippen molar-refractivity contribution in [2.75, 3.05) is 4.72 Å². The molecule has 2 aromatic carbocycles. The first-order chi connectivity index (χ1) is 10.2. The van der Waals surface area contributed by atoms with Crippen LogP contribution >= 0.6 is 0 Å². The van der Waals surface area contributed by atoms with Gasteiger partial charge in [-0.3, -0.25) is 4.72 Å². The largest absolute Gasteiger partial charge is 0.478 e. The summed E-state index contributed by atoms with van der Waals surface area (Å²) < 4.78 is 40.5. The first kappa shape index (κ1) is 16.0. The molecule has 5 nitrogen and oxygen atoms in total. The predicted molar refractivity (Wildman–Crippen MR) is 80.1 cm³/mol. The number of benzene rings is 2. The fourth-order valence-electron chi connectivity index (χ4n) is 1.96. The molecule has 2 N–H and O–H groups in total. The molecular weight excluding hydrogens is 309 g/mol. The molecule has 0 aromatic heterocycles. The van der Waals surface area contributed by atoms with Gasteiger partial charge in [0.2, 0.25) is 0 Å². The molecule has 0 fully saturated rings. The Morgan fingerprint density at radius 2 is 1.68 bits per heavy atom. The normalized spacial score (nSPS) is 11.2. The van der Waals surface area contributed by atoms with E-state index in [2.05, 4.69) is 4.72 Å². The number of anilines is 1. The Bertz CT molecular complexity index is 829. The molecule has 116 valence electrons. The Kier molecular flexibility index (Phi) is 4.18. The van der Waals surface area contributed by atoms with Crippen LogP contribution in [0.15, 0.2) is 41.3 Å². The van der Waals surface area contributed by atoms with E-state index in [1.807, 2.05) is 6.92 Å². The average molecular weight is 323 g/mol. The van der Waals surface area contributed by atoms with Gasteiger partial charge in [-0.15, -0.1) is 0 Å². The first-order valence-corrected chi connectivity index (χ1v) is 7.82. The summed E-state index contributed by atoms with van der Waals surface area (Å²) in [5.41, 5.74) is 0.280. The highest BCUT2D eigenvalue weighted by Gasteiger charge is 2.22. The summed E-state index contributed by atoms with van der Waals surface area (Å²) in [5.74, 6) is -2.53. The molecule has 7 heteroatoms. The van der Waals surface area contributed by atoms with Crippen molar-refractivity contribution in [3.05, 3.63) is 58.9 Å². The van der Waals surface area contributed by atoms with Crippen LogP contribution in [0.1, 0.15) is 21.5 Å². The fraction of sp³-hybridized carbons (Fsp3) is 0.133. The second kappa shape index (κ2) is 5.76. The summed E-state index contributed by atoms with van der Waals surface area (Å²) >= 11 is 0. The molecule has 0 aliphatic heterocycles. The third-order valence-corrected chi connectivity index (χ3v) is 4.41. The minimum absolute atomic E-state index is 0.0312. The predicted octanol–water partition coefficient (Wildman–Crippen LogP) is 2.94. The summed E-state index contributed by atoms with van der Waals surface area (Å²) in [7, 11) is -4.00. The van der Waals surface area contributed by atoms with Gasteiger partial charge in [-0.25, -0.2) is 17.6 Å². The zero-order chi connectivity index (χ0) is 16.5. The lowest BCUT2D eigenvalue weighted by molar-refractivity contribution is 0.0693. The summed E-state index contributed by atoms with van der Waals surface area (Å²) in [6.07, 6.45) is 0. The van der Waals surface area contributed by atoms with E-state index < -0.39 is 27.4 Å². The summed E-state index contributed by atoms with van der Waals surface area (Å²) in [4.78, 5) is 11.1. The molecule has 0 unspecified atom stereocenters. The highest BCUT2D eigenvalue weighted by molar-refractivity contribution is 7.92. The number of hydrogen-bond donors (Lipinski definition) is 2. The molecule has 0 atom stereocenters. The van der Waals surface area contributed by atoms with E-state index in [-0.39, 0.29) is 10.6 Å². The average Bonchev–Trinajstić information content (AvgIpc) is 2.37. The van der Waals surface area contributed by atoms with Crippen molar-refractivity contribution in [2.45, 2.75) is 18.7 Å². The number of carboxylic acids is 1. The Labute approximate surface area is 127 Å². The number of halogens is 1. The van der Waals surface area contributed by atoms with E-state index in [9.17, 15) is 17.6 Å². The number of rotatable bonds is 4. The van der Waals surface area contributed by atoms with Crippen LogP contribution in [-0.4, -0.2) is 19.5 Å². The van der Waals surface area contributed by atoms with Crippen molar-refractivity contribution in [3.8, 4) is 0 Å². The molecule has 2 rings (SSSR count). The summed E-state index contributed by atoms with van der Waals surface area (Å²) in [6.45, 7) is 3.35. The van der Waals surface area contributed by atoms with Gasteiger partial charge >= 0.3 is 5.97 Å². The molecule has 22 heavy (non-hydrogen) atoms. The second-order valence-electron chi connectivity index (χ2n) is 4.89. The zero-order valence-electron chi connectivity index (χ0n) is 11.9. The van der Waals surface area contributed by atoms with Crippen molar-refractivity contribution in [1.82, 2.24) is 0 Å². The number of hydrogen-bond acceptors (Lipinski definition) is 3. The van der Waals surface area contributed by atoms with Crippen LogP contribution in [0.2, 0.25) is 0 Å². The maximum atomic E-state index is 13.8. The fourth-order valence-corrected chi connectivity index (χ4v) is 3.02. The molecular formula is C15H14FNO4S. The van der Waals surface area contributed by atoms with E-state index in [0.29, 0.717) is 5.56 Å². The third-order valence-electron chi connectivity index (χ3n) is 3.02. The number of carbonyl (C=O) groups is 1. The van der Waals surface area contributed by atoms with Crippen LogP contribution in [0.5, 0.6) is 0 Å². The molecule has 0 saturated heterocycles. The molecule has 0 bridgehead atoms. The smallest absolute Gasteiger partial charge is 0.340 e. The van der Waals surface area contributed by atoms with Gasteiger partial charge in [0.25, 0.3) is 10.0 Å². The van der Waals surface area contributed by atoms with Crippen LogP contribution < -0.4 is 4.72 Å². The van der Waals surface area contributed by atoms with Crippen molar-refractivity contribution in [3.63, 3.8) is 0 Å². The molecule has 0 radical (unpaired) electrons. The number of nitrogens with one attached hydrogen (secondary N) is 1. The summed E-state index contributed by atoms with van der Waals surface area (Å²) in [6, 6.07) is 8.33. The molecule has 0 heterocycles. The molecule has 0 spiro atoms. The second-order valence-corrected chi connectivity index (χ2v) is 6.58. The minimum atomic E-state index is -4.00. The van der Waals surface area contributed by atoms with Gasteiger partial charge in [-0.1, -0.05) is 17.7 Å². The Balaban J connectivity index is 2.50. The molecule has 0 aliphatic carbocycles. The SMILES string of the molecule is Cc1ccc(S(=O)(=O)Nc2cc(C)cc(F)c2C(=O)O)cc1. The van der Waals surface area contributed by atoms with Gasteiger partial charge < -0.3 is 5.11 Å². The summed E-state index contributed by atoms with van der Waals surface area (Å²) in [5, 5.41) is 9.07. The Morgan fingerprint density at radius 3 is 2.23 bits per heavy atom. The van der Waals surface area contributed by atoms with E-state index in [0.717, 1.165) is 11.6 Å². The third kappa shape index (κ3) is 3.25. The van der Waals surface area contributed by atoms with Gasteiger partial charge in [0.05, 0.1) is 10.6 Å². The van der Waals surface area contributed by atoms with E-state index >= 15 is 0 Å². The van der Waals surface area contributed by atoms with Crippen molar-refractivity contribution in [1.29, 1.82) is 0 Å². The quantitative estimate of drug-likeness (QED) is 0.906. The van der Waals surface area contributed by atoms with Gasteiger partial charge in [-0.2, -0.15) is 0 Å². The zero-order valence-corrected chi connectivity index (χ0v) is 12.7. The van der Waals surface area contributed by atoms with Crippen LogP contribution in [0.25, 0.3) is 0 Å². The van der Waals surface area contributed by atoms with E-state index in [4.69, 9.17) is 5.11 Å². The van der Waals surface area contributed by atoms with E-state index in [1.165, 1.54) is 18.2 Å². The van der Waals surface area contributed by atoms with Gasteiger partial charge in [0.15, 0.2) is 0 Å². The van der Waals surface area contributed by atoms with Crippen LogP contribution in [0.4, 0.5) is 10.1 Å². The lowest BCUT2D eigenvalue weighted by atomic mass is 10.1. The van der Waals surface area contributed by atoms with Crippen LogP contribution in [0, 0.1) is 19.7 Å². The molecule has 0 amide bonds. The monoisotopic (exact) mass is 323 g/mol. The van der Waals surface area contributed by atoms with Gasteiger partial charge in [-0.05, 0) is 43.7 Å². The lowest BCUT2D eigenvalue weighted by Gasteiger charge is -2.12. The van der Waals surface area contributed by atoms with Crippen molar-refractivity contribution < 1.29 is 22.7 Å². The van der Waals surface area contributed by atoms with Crippen LogP contribution in [0.3, 0.4) is 0 Å². The highest BCUT2D eigenvalue weighted by Crippen LogP contribution is 2.24. The number of sulfonamides is 1. The van der Waals surface area contributed by atoms with Crippen LogP contribution in [-0.2, 0) is 10.0 Å². The number of carboxylic acid groups (broad SMARTS) is 1. The Hall–Kier alpha value is -2.41. The topological polar surface area (TPSA) is 83.5 Å². The minimum Gasteiger partial charge on any atom is -0.478 e. The molecule has 0 aliphatic rings. The number of aryl methyl sites for hydroxylation is 2. The van der Waals surface area contributed by atoms with Gasteiger partial charge in [0, 0.05) is 0 Å². The van der Waals surface area contributed by atoms with Gasteiger partial charge in [0.1, 0.15) is 11.4 Å². The lowest BCUT2D eigenvalue weighted by Crippen LogP contribution is -2.16. The van der Waals surface area contributed by atoms with Crippen molar-refractivity contribution in [2.24, 2.45) is 0 Å². The highest BCUT2D eigenvalue weighted by atomic mass is 32.2. The Morgan fingerprint density at radius 1 is 1.09 bits per heavy atom. The first-order valence-electron chi connectivity index (χ1n) is 6.33. The molecule has 0 saturated carbocycles. The standard InChI is InChI=1S/C15H14FNO4S/c1-9-3-5-11(6-4-9)22(20,21)17-13-8-10(2)7-12(16)14(13)15(18)19/h3-8,17H,1-2H3,(H,18,19). The maximum absolute atomic E-state index is 13.8. The van der Waals surface area contributed by atoms with Crippen molar-refractivity contribution >= 4 is 21.7 Å².